The van der Waals surface area contributed by atoms with Crippen LogP contribution < -0.4 is 10.2 Å². The maximum Gasteiger partial charge on any atom is 0.222 e. The molecule has 3 rings (SSSR count). The van der Waals surface area contributed by atoms with Gasteiger partial charge in [-0.25, -0.2) is 4.98 Å². The zero-order valence-electron chi connectivity index (χ0n) is 15.5. The van der Waals surface area contributed by atoms with Crippen LogP contribution in [0.5, 0.6) is 0 Å². The van der Waals surface area contributed by atoms with Gasteiger partial charge in [0.25, 0.3) is 0 Å². The molecule has 1 aromatic rings. The number of pyridine rings is 1. The molecule has 0 bridgehead atoms. The molecule has 1 aromatic heterocycles. The van der Waals surface area contributed by atoms with Crippen LogP contribution in [0.4, 0.5) is 5.82 Å². The number of piperazine rings is 1. The standard InChI is InChI=1S/C20H30N4O2/c25-19(22-17-7-2-1-3-8-17)10-6-11-20(26)24-15-13-23(14-16-24)18-9-4-5-12-21-18/h4-5,9,12,17H,1-3,6-8,10-11,13-16H2,(H,22,25). The fraction of sp³-hybridized carbons (Fsp3) is 0.650. The molecule has 26 heavy (non-hydrogen) atoms. The van der Waals surface area contributed by atoms with E-state index < -0.39 is 0 Å². The number of carbonyl (C=O) groups is 2. The van der Waals surface area contributed by atoms with Gasteiger partial charge in [0, 0.05) is 51.3 Å². The minimum absolute atomic E-state index is 0.102. The summed E-state index contributed by atoms with van der Waals surface area (Å²) in [4.78, 5) is 32.9. The SMILES string of the molecule is O=C(CCCC(=O)N1CCN(c2ccccn2)CC1)NC1CCCCC1. The number of nitrogens with zero attached hydrogens (tertiary/aromatic N) is 3. The average Bonchev–Trinajstić information content (AvgIpc) is 2.69. The Balaban J connectivity index is 1.32. The van der Waals surface area contributed by atoms with Crippen LogP contribution in [0.3, 0.4) is 0 Å². The molecule has 0 atom stereocenters. The van der Waals surface area contributed by atoms with E-state index >= 15 is 0 Å². The van der Waals surface area contributed by atoms with Crippen molar-refractivity contribution in [2.45, 2.75) is 57.4 Å². The molecule has 1 N–H and O–H groups in total. The third-order valence-electron chi connectivity index (χ3n) is 5.37. The number of hydrogen-bond acceptors (Lipinski definition) is 4. The van der Waals surface area contributed by atoms with Gasteiger partial charge in [-0.15, -0.1) is 0 Å². The quantitative estimate of drug-likeness (QED) is 0.848. The maximum absolute atomic E-state index is 12.4. The predicted molar refractivity (Wildman–Crippen MR) is 102 cm³/mol. The summed E-state index contributed by atoms with van der Waals surface area (Å²) in [6.45, 7) is 3.07. The van der Waals surface area contributed by atoms with E-state index in [-0.39, 0.29) is 11.8 Å². The zero-order chi connectivity index (χ0) is 18.2. The Kier molecular flexibility index (Phi) is 6.86. The highest BCUT2D eigenvalue weighted by atomic mass is 16.2. The third kappa shape index (κ3) is 5.44. The topological polar surface area (TPSA) is 65.5 Å². The highest BCUT2D eigenvalue weighted by Crippen LogP contribution is 2.18. The van der Waals surface area contributed by atoms with E-state index in [4.69, 9.17) is 0 Å². The van der Waals surface area contributed by atoms with Crippen LogP contribution in [0.15, 0.2) is 24.4 Å². The van der Waals surface area contributed by atoms with Crippen LogP contribution in [0.1, 0.15) is 51.4 Å². The molecule has 2 amide bonds. The van der Waals surface area contributed by atoms with Crippen LogP contribution in [0, 0.1) is 0 Å². The van der Waals surface area contributed by atoms with Gasteiger partial charge in [0.05, 0.1) is 0 Å². The second-order valence-electron chi connectivity index (χ2n) is 7.31. The van der Waals surface area contributed by atoms with E-state index in [9.17, 15) is 9.59 Å². The Morgan fingerprint density at radius 1 is 1.04 bits per heavy atom. The summed E-state index contributed by atoms with van der Waals surface area (Å²) in [5, 5.41) is 3.12. The monoisotopic (exact) mass is 358 g/mol. The Morgan fingerprint density at radius 2 is 1.81 bits per heavy atom. The molecule has 6 heteroatoms. The predicted octanol–water partition coefficient (Wildman–Crippen LogP) is 2.35. The molecule has 2 aliphatic rings. The molecule has 1 aliphatic heterocycles. The van der Waals surface area contributed by atoms with Crippen molar-refractivity contribution in [2.24, 2.45) is 0 Å². The molecule has 2 heterocycles. The summed E-state index contributed by atoms with van der Waals surface area (Å²) in [5.41, 5.74) is 0. The van der Waals surface area contributed by atoms with Gasteiger partial charge in [-0.1, -0.05) is 25.3 Å². The fourth-order valence-electron chi connectivity index (χ4n) is 3.83. The van der Waals surface area contributed by atoms with Crippen molar-refractivity contribution in [3.05, 3.63) is 24.4 Å². The van der Waals surface area contributed by atoms with Gasteiger partial charge in [-0.05, 0) is 31.4 Å². The van der Waals surface area contributed by atoms with E-state index in [1.54, 1.807) is 6.20 Å². The highest BCUT2D eigenvalue weighted by molar-refractivity contribution is 5.79. The Hall–Kier alpha value is -2.11. The van der Waals surface area contributed by atoms with E-state index in [1.165, 1.54) is 19.3 Å². The first-order valence-corrected chi connectivity index (χ1v) is 9.95. The van der Waals surface area contributed by atoms with E-state index in [0.29, 0.717) is 25.3 Å². The van der Waals surface area contributed by atoms with Crippen molar-refractivity contribution in [1.29, 1.82) is 0 Å². The maximum atomic E-state index is 12.4. The summed E-state index contributed by atoms with van der Waals surface area (Å²) in [7, 11) is 0. The first kappa shape index (κ1) is 18.7. The lowest BCUT2D eigenvalue weighted by atomic mass is 9.95. The number of rotatable bonds is 6. The van der Waals surface area contributed by atoms with Gasteiger partial charge in [-0.2, -0.15) is 0 Å². The second kappa shape index (κ2) is 9.55. The molecule has 1 saturated heterocycles. The Morgan fingerprint density at radius 3 is 2.50 bits per heavy atom. The van der Waals surface area contributed by atoms with E-state index in [0.717, 1.165) is 44.8 Å². The van der Waals surface area contributed by atoms with Gasteiger partial charge in [0.1, 0.15) is 5.82 Å². The number of carbonyl (C=O) groups excluding carboxylic acids is 2. The first-order chi connectivity index (χ1) is 12.7. The average molecular weight is 358 g/mol. The molecule has 2 fully saturated rings. The second-order valence-corrected chi connectivity index (χ2v) is 7.31. The lowest BCUT2D eigenvalue weighted by Gasteiger charge is -2.35. The Labute approximate surface area is 156 Å². The van der Waals surface area contributed by atoms with Crippen molar-refractivity contribution in [2.75, 3.05) is 31.1 Å². The molecule has 1 saturated carbocycles. The minimum Gasteiger partial charge on any atom is -0.353 e. The normalized spacial score (nSPS) is 18.6. The number of aromatic nitrogens is 1. The van der Waals surface area contributed by atoms with Gasteiger partial charge in [-0.3, -0.25) is 9.59 Å². The number of amides is 2. The molecule has 0 radical (unpaired) electrons. The van der Waals surface area contributed by atoms with Crippen LogP contribution >= 0.6 is 0 Å². The van der Waals surface area contributed by atoms with Gasteiger partial charge in [0.15, 0.2) is 0 Å². The van der Waals surface area contributed by atoms with Crippen LogP contribution in [-0.2, 0) is 9.59 Å². The summed E-state index contributed by atoms with van der Waals surface area (Å²) in [6.07, 6.45) is 9.27. The lowest BCUT2D eigenvalue weighted by Crippen LogP contribution is -2.49. The van der Waals surface area contributed by atoms with Crippen molar-refractivity contribution >= 4 is 17.6 Å². The number of hydrogen-bond donors (Lipinski definition) is 1. The van der Waals surface area contributed by atoms with Gasteiger partial charge >= 0.3 is 0 Å². The smallest absolute Gasteiger partial charge is 0.222 e. The first-order valence-electron chi connectivity index (χ1n) is 9.95. The van der Waals surface area contributed by atoms with Crippen LogP contribution in [0.2, 0.25) is 0 Å². The molecule has 0 spiro atoms. The van der Waals surface area contributed by atoms with Gasteiger partial charge in [0.2, 0.25) is 11.8 Å². The molecule has 0 aromatic carbocycles. The van der Waals surface area contributed by atoms with Crippen molar-refractivity contribution in [1.82, 2.24) is 15.2 Å². The van der Waals surface area contributed by atoms with E-state index in [2.05, 4.69) is 15.2 Å². The molecule has 142 valence electrons. The highest BCUT2D eigenvalue weighted by Gasteiger charge is 2.22. The summed E-state index contributed by atoms with van der Waals surface area (Å²) in [5.74, 6) is 1.24. The Bertz CT molecular complexity index is 579. The van der Waals surface area contributed by atoms with Crippen molar-refractivity contribution < 1.29 is 9.59 Å². The van der Waals surface area contributed by atoms with E-state index in [1.807, 2.05) is 23.1 Å². The molecule has 6 nitrogen and oxygen atoms in total. The van der Waals surface area contributed by atoms with Crippen LogP contribution in [0.25, 0.3) is 0 Å². The van der Waals surface area contributed by atoms with Crippen molar-refractivity contribution in [3.8, 4) is 0 Å². The fourth-order valence-corrected chi connectivity index (χ4v) is 3.83. The zero-order valence-corrected chi connectivity index (χ0v) is 15.5. The van der Waals surface area contributed by atoms with Gasteiger partial charge < -0.3 is 15.1 Å². The number of anilines is 1. The summed E-state index contributed by atoms with van der Waals surface area (Å²) < 4.78 is 0. The lowest BCUT2D eigenvalue weighted by molar-refractivity contribution is -0.131. The molecular formula is C20H30N4O2. The summed E-state index contributed by atoms with van der Waals surface area (Å²) in [6, 6.07) is 6.25. The van der Waals surface area contributed by atoms with Crippen molar-refractivity contribution in [3.63, 3.8) is 0 Å². The molecule has 0 unspecified atom stereocenters. The largest absolute Gasteiger partial charge is 0.353 e. The number of nitrogens with one attached hydrogen (secondary N) is 1. The molecular weight excluding hydrogens is 328 g/mol. The molecule has 1 aliphatic carbocycles. The minimum atomic E-state index is 0.102. The third-order valence-corrected chi connectivity index (χ3v) is 5.37. The van der Waals surface area contributed by atoms with Crippen LogP contribution in [-0.4, -0.2) is 53.9 Å². The summed E-state index contributed by atoms with van der Waals surface area (Å²) >= 11 is 0.